The molecule has 2 aromatic rings. The SMILES string of the molecule is COc1cccc(Cc2ccc(N3C=C(O)NS3(=O)=O)c(O)c2)n1. The number of benzene rings is 1. The average molecular weight is 349 g/mol. The number of anilines is 1. The zero-order valence-corrected chi connectivity index (χ0v) is 13.5. The highest BCUT2D eigenvalue weighted by Crippen LogP contribution is 2.32. The lowest BCUT2D eigenvalue weighted by atomic mass is 10.1. The van der Waals surface area contributed by atoms with E-state index in [-0.39, 0.29) is 11.4 Å². The van der Waals surface area contributed by atoms with Gasteiger partial charge in [0.25, 0.3) is 0 Å². The molecule has 0 saturated heterocycles. The van der Waals surface area contributed by atoms with E-state index in [0.717, 1.165) is 21.8 Å². The molecule has 0 saturated carbocycles. The zero-order valence-electron chi connectivity index (χ0n) is 12.7. The van der Waals surface area contributed by atoms with Crippen molar-refractivity contribution in [1.29, 1.82) is 0 Å². The predicted molar refractivity (Wildman–Crippen MR) is 86.9 cm³/mol. The molecular weight excluding hydrogens is 334 g/mol. The number of pyridine rings is 1. The van der Waals surface area contributed by atoms with Crippen molar-refractivity contribution in [3.63, 3.8) is 0 Å². The number of aliphatic hydroxyl groups excluding tert-OH is 1. The van der Waals surface area contributed by atoms with E-state index in [0.29, 0.717) is 12.3 Å². The number of hydrogen-bond donors (Lipinski definition) is 3. The number of hydrogen-bond acceptors (Lipinski definition) is 6. The first-order chi connectivity index (χ1) is 11.4. The summed E-state index contributed by atoms with van der Waals surface area (Å²) in [5.74, 6) is -0.256. The van der Waals surface area contributed by atoms with Gasteiger partial charge in [-0.2, -0.15) is 8.42 Å². The van der Waals surface area contributed by atoms with Gasteiger partial charge < -0.3 is 14.9 Å². The first-order valence-corrected chi connectivity index (χ1v) is 8.38. The maximum atomic E-state index is 11.8. The second-order valence-corrected chi connectivity index (χ2v) is 6.64. The summed E-state index contributed by atoms with van der Waals surface area (Å²) in [6.45, 7) is 0. The van der Waals surface area contributed by atoms with Gasteiger partial charge in [0.2, 0.25) is 11.8 Å². The standard InChI is InChI=1S/C15H15N3O5S/c1-23-15-4-2-3-11(16-15)7-10-5-6-12(13(19)8-10)18-9-14(20)17-24(18,21)22/h2-6,8-9,17,19-20H,7H2,1H3. The van der Waals surface area contributed by atoms with Crippen LogP contribution in [-0.2, 0) is 16.6 Å². The summed E-state index contributed by atoms with van der Waals surface area (Å²) < 4.78 is 31.4. The Hall–Kier alpha value is -2.94. The Morgan fingerprint density at radius 1 is 1.25 bits per heavy atom. The van der Waals surface area contributed by atoms with Gasteiger partial charge in [0, 0.05) is 18.2 Å². The lowest BCUT2D eigenvalue weighted by Gasteiger charge is -2.16. The van der Waals surface area contributed by atoms with Crippen LogP contribution in [-0.4, -0.2) is 30.7 Å². The molecule has 126 valence electrons. The summed E-state index contributed by atoms with van der Waals surface area (Å²) in [5, 5.41) is 19.5. The van der Waals surface area contributed by atoms with Crippen LogP contribution in [0, 0.1) is 0 Å². The molecule has 3 rings (SSSR count). The highest BCUT2D eigenvalue weighted by Gasteiger charge is 2.30. The molecule has 0 bridgehead atoms. The van der Waals surface area contributed by atoms with Crippen LogP contribution < -0.4 is 13.8 Å². The van der Waals surface area contributed by atoms with Gasteiger partial charge in [-0.15, -0.1) is 0 Å². The Kier molecular flexibility index (Phi) is 3.94. The van der Waals surface area contributed by atoms with E-state index in [1.54, 1.807) is 12.1 Å². The van der Waals surface area contributed by atoms with Gasteiger partial charge >= 0.3 is 10.2 Å². The molecule has 3 N–H and O–H groups in total. The molecule has 0 spiro atoms. The largest absolute Gasteiger partial charge is 0.506 e. The van der Waals surface area contributed by atoms with E-state index < -0.39 is 16.1 Å². The van der Waals surface area contributed by atoms with Crippen molar-refractivity contribution in [3.8, 4) is 11.6 Å². The second-order valence-electron chi connectivity index (χ2n) is 5.09. The third-order valence-corrected chi connectivity index (χ3v) is 4.67. The van der Waals surface area contributed by atoms with Crippen molar-refractivity contribution in [2.45, 2.75) is 6.42 Å². The summed E-state index contributed by atoms with van der Waals surface area (Å²) in [4.78, 5) is 4.29. The van der Waals surface area contributed by atoms with E-state index in [1.807, 2.05) is 16.9 Å². The predicted octanol–water partition coefficient (Wildman–Crippen LogP) is 1.40. The number of nitrogens with one attached hydrogen (secondary N) is 1. The third kappa shape index (κ3) is 3.06. The molecule has 1 aromatic carbocycles. The summed E-state index contributed by atoms with van der Waals surface area (Å²) in [5.41, 5.74) is 1.53. The van der Waals surface area contributed by atoms with Crippen molar-refractivity contribution < 1.29 is 23.4 Å². The third-order valence-electron chi connectivity index (χ3n) is 3.38. The molecule has 0 atom stereocenters. The van der Waals surface area contributed by atoms with Crippen LogP contribution >= 0.6 is 0 Å². The van der Waals surface area contributed by atoms with Gasteiger partial charge in [0.15, 0.2) is 0 Å². The topological polar surface area (TPSA) is 112 Å². The molecule has 0 aliphatic carbocycles. The Morgan fingerprint density at radius 3 is 2.67 bits per heavy atom. The Morgan fingerprint density at radius 2 is 2.04 bits per heavy atom. The molecule has 8 nitrogen and oxygen atoms in total. The molecule has 0 amide bonds. The van der Waals surface area contributed by atoms with E-state index >= 15 is 0 Å². The lowest BCUT2D eigenvalue weighted by molar-refractivity contribution is 0.392. The van der Waals surface area contributed by atoms with E-state index in [4.69, 9.17) is 4.74 Å². The summed E-state index contributed by atoms with van der Waals surface area (Å²) in [6, 6.07) is 9.95. The van der Waals surface area contributed by atoms with Crippen LogP contribution in [0.1, 0.15) is 11.3 Å². The molecule has 24 heavy (non-hydrogen) atoms. The van der Waals surface area contributed by atoms with E-state index in [9.17, 15) is 18.6 Å². The van der Waals surface area contributed by atoms with Gasteiger partial charge in [-0.1, -0.05) is 12.1 Å². The molecule has 0 unspecified atom stereocenters. The summed E-state index contributed by atoms with van der Waals surface area (Å²) >= 11 is 0. The van der Waals surface area contributed by atoms with Crippen molar-refractivity contribution in [2.75, 3.05) is 11.4 Å². The molecule has 2 heterocycles. The van der Waals surface area contributed by atoms with E-state index in [1.165, 1.54) is 19.2 Å². The maximum absolute atomic E-state index is 11.8. The maximum Gasteiger partial charge on any atom is 0.330 e. The van der Waals surface area contributed by atoms with Gasteiger partial charge in [-0.05, 0) is 23.8 Å². The Balaban J connectivity index is 1.88. The van der Waals surface area contributed by atoms with Crippen LogP contribution in [0.5, 0.6) is 11.6 Å². The monoisotopic (exact) mass is 349 g/mol. The quantitative estimate of drug-likeness (QED) is 0.769. The van der Waals surface area contributed by atoms with Crippen LogP contribution in [0.25, 0.3) is 0 Å². The smallest absolute Gasteiger partial charge is 0.330 e. The van der Waals surface area contributed by atoms with Gasteiger partial charge in [-0.25, -0.2) is 14.0 Å². The Labute approximate surface area is 138 Å². The molecule has 1 aliphatic heterocycles. The highest BCUT2D eigenvalue weighted by molar-refractivity contribution is 7.91. The van der Waals surface area contributed by atoms with Gasteiger partial charge in [0.05, 0.1) is 13.3 Å². The number of aromatic nitrogens is 1. The number of rotatable bonds is 4. The fourth-order valence-electron chi connectivity index (χ4n) is 2.33. The summed E-state index contributed by atoms with van der Waals surface area (Å²) in [7, 11) is -2.41. The average Bonchev–Trinajstić information content (AvgIpc) is 2.80. The van der Waals surface area contributed by atoms with Gasteiger partial charge in [-0.3, -0.25) is 0 Å². The highest BCUT2D eigenvalue weighted by atomic mass is 32.2. The second kappa shape index (κ2) is 5.93. The molecule has 9 heteroatoms. The number of nitrogens with zero attached hydrogens (tertiary/aromatic N) is 2. The fourth-order valence-corrected chi connectivity index (χ4v) is 3.40. The number of phenols is 1. The van der Waals surface area contributed by atoms with Crippen LogP contribution in [0.3, 0.4) is 0 Å². The zero-order chi connectivity index (χ0) is 17.3. The molecule has 0 radical (unpaired) electrons. The number of methoxy groups -OCH3 is 1. The minimum atomic E-state index is -3.94. The van der Waals surface area contributed by atoms with Crippen molar-refractivity contribution in [3.05, 3.63) is 59.7 Å². The van der Waals surface area contributed by atoms with Gasteiger partial charge in [0.1, 0.15) is 11.4 Å². The van der Waals surface area contributed by atoms with Crippen LogP contribution in [0.4, 0.5) is 5.69 Å². The first kappa shape index (κ1) is 15.9. The lowest BCUT2D eigenvalue weighted by Crippen LogP contribution is -2.29. The Bertz CT molecular complexity index is 911. The number of aliphatic hydroxyl groups is 1. The minimum absolute atomic E-state index is 0.0360. The number of phenolic OH excluding ortho intramolecular Hbond substituents is 1. The number of ether oxygens (including phenoxy) is 1. The van der Waals surface area contributed by atoms with Crippen molar-refractivity contribution in [2.24, 2.45) is 0 Å². The summed E-state index contributed by atoms with van der Waals surface area (Å²) in [6.07, 6.45) is 1.42. The number of aromatic hydroxyl groups is 1. The first-order valence-electron chi connectivity index (χ1n) is 6.94. The molecule has 1 aromatic heterocycles. The van der Waals surface area contributed by atoms with Crippen molar-refractivity contribution in [1.82, 2.24) is 9.71 Å². The van der Waals surface area contributed by atoms with Crippen LogP contribution in [0.2, 0.25) is 0 Å². The molecule has 0 fully saturated rings. The van der Waals surface area contributed by atoms with E-state index in [2.05, 4.69) is 4.98 Å². The van der Waals surface area contributed by atoms with Crippen LogP contribution in [0.15, 0.2) is 48.5 Å². The molecular formula is C15H15N3O5S. The normalized spacial score (nSPS) is 15.7. The fraction of sp³-hybridized carbons (Fsp3) is 0.133. The van der Waals surface area contributed by atoms with Crippen molar-refractivity contribution >= 4 is 15.9 Å². The molecule has 1 aliphatic rings. The minimum Gasteiger partial charge on any atom is -0.506 e.